The van der Waals surface area contributed by atoms with E-state index in [-0.39, 0.29) is 24.6 Å². The van der Waals surface area contributed by atoms with Crippen LogP contribution in [0.1, 0.15) is 5.56 Å². The summed E-state index contributed by atoms with van der Waals surface area (Å²) in [6, 6.07) is 5.24. The molecule has 1 heterocycles. The molecule has 0 aromatic heterocycles. The predicted molar refractivity (Wildman–Crippen MR) is 84.7 cm³/mol. The highest BCUT2D eigenvalue weighted by Gasteiger charge is 2.19. The summed E-state index contributed by atoms with van der Waals surface area (Å²) in [6.45, 7) is 2.57. The summed E-state index contributed by atoms with van der Waals surface area (Å²) in [4.78, 5) is 14.1. The van der Waals surface area contributed by atoms with Crippen LogP contribution in [0.5, 0.6) is 0 Å². The second-order valence-corrected chi connectivity index (χ2v) is 5.82. The smallest absolute Gasteiger partial charge is 0.315 e. The number of hydrogen-bond acceptors (Lipinski definition) is 4. The Balaban J connectivity index is 1.74. The lowest BCUT2D eigenvalue weighted by Crippen LogP contribution is -2.50. The number of nitrogens with zero attached hydrogens (tertiary/aromatic N) is 1. The fraction of sp³-hybridized carbons (Fsp3) is 0.562. The Bertz CT molecular complexity index is 498. The number of urea groups is 1. The Kier molecular flexibility index (Phi) is 6.76. The number of morpholine rings is 1. The van der Waals surface area contributed by atoms with Crippen molar-refractivity contribution in [3.8, 4) is 0 Å². The standard InChI is InChI=1S/C16H24FN3O3/c1-20-6-7-23-15(10-20)9-18-16(22)19-14(11-21)8-12-2-4-13(17)5-3-12/h2-5,14-15,21H,6-11H2,1H3,(H2,18,19,22). The summed E-state index contributed by atoms with van der Waals surface area (Å²) >= 11 is 0. The maximum absolute atomic E-state index is 12.9. The normalized spacial score (nSPS) is 20.0. The number of aliphatic hydroxyl groups excluding tert-OH is 1. The molecule has 1 aliphatic rings. The maximum Gasteiger partial charge on any atom is 0.315 e. The minimum Gasteiger partial charge on any atom is -0.394 e. The molecule has 128 valence electrons. The summed E-state index contributed by atoms with van der Waals surface area (Å²) in [5.41, 5.74) is 0.850. The number of benzene rings is 1. The SMILES string of the molecule is CN1CCOC(CNC(=O)NC(CO)Cc2ccc(F)cc2)C1. The highest BCUT2D eigenvalue weighted by molar-refractivity contribution is 5.74. The van der Waals surface area contributed by atoms with Crippen molar-refractivity contribution in [3.63, 3.8) is 0 Å². The van der Waals surface area contributed by atoms with E-state index in [0.29, 0.717) is 19.6 Å². The number of rotatable bonds is 6. The minimum absolute atomic E-state index is 0.0239. The van der Waals surface area contributed by atoms with Crippen LogP contribution in [-0.4, -0.2) is 68.1 Å². The number of carbonyl (C=O) groups is 1. The van der Waals surface area contributed by atoms with E-state index < -0.39 is 6.04 Å². The van der Waals surface area contributed by atoms with Crippen LogP contribution in [-0.2, 0) is 11.2 Å². The van der Waals surface area contributed by atoms with Crippen molar-refractivity contribution >= 4 is 6.03 Å². The second kappa shape index (κ2) is 8.81. The van der Waals surface area contributed by atoms with Gasteiger partial charge in [-0.3, -0.25) is 0 Å². The van der Waals surface area contributed by atoms with Gasteiger partial charge in [0.15, 0.2) is 0 Å². The molecule has 2 atom stereocenters. The minimum atomic E-state index is -0.421. The number of aliphatic hydroxyl groups is 1. The van der Waals surface area contributed by atoms with Crippen molar-refractivity contribution in [2.24, 2.45) is 0 Å². The molecule has 0 spiro atoms. The molecule has 23 heavy (non-hydrogen) atoms. The van der Waals surface area contributed by atoms with Crippen molar-refractivity contribution in [2.75, 3.05) is 39.9 Å². The third-order valence-corrected chi connectivity index (χ3v) is 3.78. The van der Waals surface area contributed by atoms with Crippen LogP contribution >= 0.6 is 0 Å². The number of nitrogens with one attached hydrogen (secondary N) is 2. The van der Waals surface area contributed by atoms with Crippen LogP contribution in [0.2, 0.25) is 0 Å². The Hall–Kier alpha value is -1.70. The number of hydrogen-bond donors (Lipinski definition) is 3. The van der Waals surface area contributed by atoms with Crippen molar-refractivity contribution in [1.29, 1.82) is 0 Å². The molecule has 0 aliphatic carbocycles. The van der Waals surface area contributed by atoms with E-state index >= 15 is 0 Å². The molecule has 0 bridgehead atoms. The zero-order valence-electron chi connectivity index (χ0n) is 13.3. The lowest BCUT2D eigenvalue weighted by atomic mass is 10.1. The molecule has 1 fully saturated rings. The van der Waals surface area contributed by atoms with Crippen LogP contribution in [0.15, 0.2) is 24.3 Å². The molecule has 0 radical (unpaired) electrons. The molecule has 1 saturated heterocycles. The lowest BCUT2D eigenvalue weighted by Gasteiger charge is -2.30. The Morgan fingerprint density at radius 2 is 2.22 bits per heavy atom. The van der Waals surface area contributed by atoms with Crippen LogP contribution < -0.4 is 10.6 Å². The summed E-state index contributed by atoms with van der Waals surface area (Å²) in [5.74, 6) is -0.308. The molecule has 1 aromatic carbocycles. The fourth-order valence-corrected chi connectivity index (χ4v) is 2.50. The number of ether oxygens (including phenoxy) is 1. The van der Waals surface area contributed by atoms with Gasteiger partial charge in [-0.05, 0) is 31.2 Å². The first-order valence-electron chi connectivity index (χ1n) is 7.76. The third kappa shape index (κ3) is 6.13. The molecule has 3 N–H and O–H groups in total. The largest absolute Gasteiger partial charge is 0.394 e. The highest BCUT2D eigenvalue weighted by atomic mass is 19.1. The van der Waals surface area contributed by atoms with Crippen molar-refractivity contribution < 1.29 is 19.0 Å². The van der Waals surface area contributed by atoms with Crippen LogP contribution in [0.4, 0.5) is 9.18 Å². The lowest BCUT2D eigenvalue weighted by molar-refractivity contribution is -0.0168. The number of halogens is 1. The zero-order valence-corrected chi connectivity index (χ0v) is 13.3. The van der Waals surface area contributed by atoms with Crippen LogP contribution in [0, 0.1) is 5.82 Å². The monoisotopic (exact) mass is 325 g/mol. The number of amides is 2. The Morgan fingerprint density at radius 1 is 1.48 bits per heavy atom. The average Bonchev–Trinajstić information content (AvgIpc) is 2.54. The third-order valence-electron chi connectivity index (χ3n) is 3.78. The topological polar surface area (TPSA) is 73.8 Å². The van der Waals surface area contributed by atoms with E-state index in [1.54, 1.807) is 12.1 Å². The summed E-state index contributed by atoms with van der Waals surface area (Å²) < 4.78 is 18.4. The van der Waals surface area contributed by atoms with Gasteiger partial charge in [-0.1, -0.05) is 12.1 Å². The summed E-state index contributed by atoms with van der Waals surface area (Å²) in [7, 11) is 2.01. The van der Waals surface area contributed by atoms with E-state index in [4.69, 9.17) is 4.74 Å². The van der Waals surface area contributed by atoms with Gasteiger partial charge in [-0.2, -0.15) is 0 Å². The zero-order chi connectivity index (χ0) is 16.7. The Morgan fingerprint density at radius 3 is 2.87 bits per heavy atom. The number of likely N-dealkylation sites (N-methyl/N-ethyl adjacent to an activating group) is 1. The van der Waals surface area contributed by atoms with Gasteiger partial charge in [-0.25, -0.2) is 9.18 Å². The summed E-state index contributed by atoms with van der Waals surface area (Å²) in [5, 5.41) is 14.9. The molecule has 1 aliphatic heterocycles. The van der Waals surface area contributed by atoms with Gasteiger partial charge >= 0.3 is 6.03 Å². The number of carbonyl (C=O) groups excluding carboxylic acids is 1. The molecular weight excluding hydrogens is 301 g/mol. The molecule has 7 heteroatoms. The van der Waals surface area contributed by atoms with Gasteiger partial charge in [0.2, 0.25) is 0 Å². The van der Waals surface area contributed by atoms with Crippen molar-refractivity contribution in [1.82, 2.24) is 15.5 Å². The fourth-order valence-electron chi connectivity index (χ4n) is 2.50. The van der Waals surface area contributed by atoms with Gasteiger partial charge in [0.05, 0.1) is 25.4 Å². The summed E-state index contributed by atoms with van der Waals surface area (Å²) in [6.07, 6.45) is 0.413. The average molecular weight is 325 g/mol. The highest BCUT2D eigenvalue weighted by Crippen LogP contribution is 2.06. The van der Waals surface area contributed by atoms with Crippen LogP contribution in [0.3, 0.4) is 0 Å². The quantitative estimate of drug-likeness (QED) is 0.706. The first-order chi connectivity index (χ1) is 11.1. The molecule has 6 nitrogen and oxygen atoms in total. The van der Waals surface area contributed by atoms with Gasteiger partial charge in [-0.15, -0.1) is 0 Å². The maximum atomic E-state index is 12.9. The van der Waals surface area contributed by atoms with E-state index in [2.05, 4.69) is 15.5 Å². The van der Waals surface area contributed by atoms with Gasteiger partial charge in [0.1, 0.15) is 5.82 Å². The van der Waals surface area contributed by atoms with E-state index in [1.165, 1.54) is 12.1 Å². The van der Waals surface area contributed by atoms with E-state index in [1.807, 2.05) is 7.05 Å². The van der Waals surface area contributed by atoms with Gasteiger partial charge in [0, 0.05) is 19.6 Å². The second-order valence-electron chi connectivity index (χ2n) is 5.82. The molecule has 0 saturated carbocycles. The molecule has 2 unspecified atom stereocenters. The van der Waals surface area contributed by atoms with Crippen molar-refractivity contribution in [2.45, 2.75) is 18.6 Å². The first-order valence-corrected chi connectivity index (χ1v) is 7.76. The van der Waals surface area contributed by atoms with Crippen LogP contribution in [0.25, 0.3) is 0 Å². The van der Waals surface area contributed by atoms with E-state index in [9.17, 15) is 14.3 Å². The predicted octanol–water partition coefficient (Wildman–Crippen LogP) is 0.359. The van der Waals surface area contributed by atoms with Crippen molar-refractivity contribution in [3.05, 3.63) is 35.6 Å². The van der Waals surface area contributed by atoms with E-state index in [0.717, 1.165) is 18.7 Å². The van der Waals surface area contributed by atoms with Gasteiger partial charge < -0.3 is 25.4 Å². The molecule has 2 amide bonds. The van der Waals surface area contributed by atoms with Gasteiger partial charge in [0.25, 0.3) is 0 Å². The molecular formula is C16H24FN3O3. The first kappa shape index (κ1) is 17.7. The Labute approximate surface area is 135 Å². The molecule has 1 aromatic rings. The molecule has 2 rings (SSSR count).